The molecule has 0 aliphatic rings. The minimum absolute atomic E-state index is 0.544. The molecule has 0 heterocycles. The van der Waals surface area contributed by atoms with Crippen LogP contribution < -0.4 is 3.07 Å². The lowest BCUT2D eigenvalue weighted by molar-refractivity contribution is 0.713. The van der Waals surface area contributed by atoms with E-state index in [1.54, 1.807) is 41.2 Å². The minimum atomic E-state index is 0.544. The summed E-state index contributed by atoms with van der Waals surface area (Å²) >= 11 is 5.02. The van der Waals surface area contributed by atoms with Crippen LogP contribution in [0.5, 0.6) is 5.75 Å². The van der Waals surface area contributed by atoms with E-state index in [0.717, 1.165) is 4.47 Å². The van der Waals surface area contributed by atoms with Gasteiger partial charge in [-0.1, -0.05) is 15.9 Å². The van der Waals surface area contributed by atoms with Gasteiger partial charge in [0.1, 0.15) is 6.07 Å². The smallest absolute Gasteiger partial charge is 0.192 e. The van der Waals surface area contributed by atoms with Crippen LogP contribution in [0.1, 0.15) is 5.56 Å². The van der Waals surface area contributed by atoms with Gasteiger partial charge in [0.05, 0.1) is 5.56 Å². The summed E-state index contributed by atoms with van der Waals surface area (Å²) in [5.41, 5.74) is 0.544. The summed E-state index contributed by atoms with van der Waals surface area (Å²) in [6.07, 6.45) is 0. The molecule has 0 spiro atoms. The lowest BCUT2D eigenvalue weighted by atomic mass is 10.2. The SMILES string of the molecule is N#Cc1ccc(Br)cc1OI. The van der Waals surface area contributed by atoms with E-state index in [9.17, 15) is 0 Å². The molecule has 56 valence electrons. The second-order valence-corrected chi connectivity index (χ2v) is 3.19. The average Bonchev–Trinajstić information content (AvgIpc) is 2.04. The molecular formula is C7H3BrINO. The molecule has 0 aliphatic carbocycles. The zero-order valence-electron chi connectivity index (χ0n) is 5.34. The molecule has 1 rings (SSSR count). The molecule has 0 saturated heterocycles. The summed E-state index contributed by atoms with van der Waals surface area (Å²) < 4.78 is 5.84. The van der Waals surface area contributed by atoms with E-state index in [1.165, 1.54) is 0 Å². The molecule has 4 heteroatoms. The van der Waals surface area contributed by atoms with Crippen molar-refractivity contribution >= 4 is 38.9 Å². The molecule has 0 N–H and O–H groups in total. The summed E-state index contributed by atoms with van der Waals surface area (Å²) in [6.45, 7) is 0. The van der Waals surface area contributed by atoms with Crippen LogP contribution in [-0.2, 0) is 0 Å². The molecule has 11 heavy (non-hydrogen) atoms. The van der Waals surface area contributed by atoms with Gasteiger partial charge in [0.25, 0.3) is 0 Å². The second-order valence-electron chi connectivity index (χ2n) is 1.83. The Bertz CT molecular complexity index is 308. The first-order valence-electron chi connectivity index (χ1n) is 2.76. The Kier molecular flexibility index (Phi) is 3.15. The lowest BCUT2D eigenvalue weighted by Crippen LogP contribution is -1.80. The monoisotopic (exact) mass is 323 g/mol. The molecule has 0 amide bonds. The highest BCUT2D eigenvalue weighted by Gasteiger charge is 2.01. The molecule has 0 fully saturated rings. The Balaban J connectivity index is 3.19. The largest absolute Gasteiger partial charge is 0.426 e. The number of hydrogen-bond acceptors (Lipinski definition) is 2. The molecule has 0 aliphatic heterocycles. The number of halogens is 2. The second kappa shape index (κ2) is 3.93. The van der Waals surface area contributed by atoms with Gasteiger partial charge in [-0.05, 0) is 18.2 Å². The predicted molar refractivity (Wildman–Crippen MR) is 53.5 cm³/mol. The summed E-state index contributed by atoms with van der Waals surface area (Å²) in [6, 6.07) is 7.29. The number of nitrogens with zero attached hydrogens (tertiary/aromatic N) is 1. The maximum Gasteiger partial charge on any atom is 0.192 e. The van der Waals surface area contributed by atoms with Gasteiger partial charge >= 0.3 is 0 Å². The molecule has 0 atom stereocenters. The first kappa shape index (κ1) is 8.81. The van der Waals surface area contributed by atoms with E-state index in [2.05, 4.69) is 15.9 Å². The average molecular weight is 324 g/mol. The zero-order valence-corrected chi connectivity index (χ0v) is 9.09. The Morgan fingerprint density at radius 2 is 2.27 bits per heavy atom. The van der Waals surface area contributed by atoms with Gasteiger partial charge in [0, 0.05) is 4.47 Å². The third-order valence-corrected chi connectivity index (χ3v) is 2.11. The van der Waals surface area contributed by atoms with Gasteiger partial charge < -0.3 is 3.07 Å². The van der Waals surface area contributed by atoms with Crippen LogP contribution in [0.4, 0.5) is 0 Å². The van der Waals surface area contributed by atoms with Crippen LogP contribution in [0.15, 0.2) is 22.7 Å². The van der Waals surface area contributed by atoms with Crippen LogP contribution in [-0.4, -0.2) is 0 Å². The standard InChI is InChI=1S/C7H3BrINO/c8-6-2-1-5(4-10)7(3-6)11-9/h1-3H. The number of benzene rings is 1. The predicted octanol–water partition coefficient (Wildman–Crippen LogP) is 3.05. The molecule has 1 aromatic carbocycles. The summed E-state index contributed by atoms with van der Waals surface area (Å²) in [5, 5.41) is 8.59. The van der Waals surface area contributed by atoms with Crippen molar-refractivity contribution in [2.75, 3.05) is 0 Å². The highest BCUT2D eigenvalue weighted by Crippen LogP contribution is 2.24. The van der Waals surface area contributed by atoms with Gasteiger partial charge in [-0.15, -0.1) is 0 Å². The van der Waals surface area contributed by atoms with Crippen LogP contribution in [0.2, 0.25) is 0 Å². The first-order valence-corrected chi connectivity index (χ1v) is 4.43. The maximum absolute atomic E-state index is 8.59. The van der Waals surface area contributed by atoms with Gasteiger partial charge in [0.15, 0.2) is 28.8 Å². The topological polar surface area (TPSA) is 33.0 Å². The highest BCUT2D eigenvalue weighted by atomic mass is 127. The summed E-state index contributed by atoms with van der Waals surface area (Å²) in [4.78, 5) is 0. The quantitative estimate of drug-likeness (QED) is 0.744. The molecule has 0 radical (unpaired) electrons. The summed E-state index contributed by atoms with van der Waals surface area (Å²) in [7, 11) is 0. The normalized spacial score (nSPS) is 8.82. The first-order chi connectivity index (χ1) is 5.27. The van der Waals surface area contributed by atoms with Gasteiger partial charge in [0.2, 0.25) is 0 Å². The molecule has 1 aromatic rings. The Hall–Kier alpha value is -0.280. The maximum atomic E-state index is 8.59. The number of nitriles is 1. The fraction of sp³-hybridized carbons (Fsp3) is 0. The number of hydrogen-bond donors (Lipinski definition) is 0. The van der Waals surface area contributed by atoms with Crippen molar-refractivity contribution in [2.45, 2.75) is 0 Å². The van der Waals surface area contributed by atoms with Gasteiger partial charge in [-0.3, -0.25) is 0 Å². The van der Waals surface area contributed by atoms with Crippen molar-refractivity contribution < 1.29 is 3.07 Å². The zero-order chi connectivity index (χ0) is 8.27. The van der Waals surface area contributed by atoms with Crippen molar-refractivity contribution in [3.8, 4) is 11.8 Å². The van der Waals surface area contributed by atoms with Gasteiger partial charge in [-0.2, -0.15) is 5.26 Å². The third kappa shape index (κ3) is 2.07. The Morgan fingerprint density at radius 3 is 2.82 bits per heavy atom. The fourth-order valence-corrected chi connectivity index (χ4v) is 1.36. The summed E-state index contributed by atoms with van der Waals surface area (Å²) in [5.74, 6) is 0.586. The van der Waals surface area contributed by atoms with E-state index >= 15 is 0 Å². The van der Waals surface area contributed by atoms with Crippen molar-refractivity contribution in [1.82, 2.24) is 0 Å². The fourth-order valence-electron chi connectivity index (χ4n) is 0.652. The van der Waals surface area contributed by atoms with E-state index < -0.39 is 0 Å². The van der Waals surface area contributed by atoms with Crippen molar-refractivity contribution in [2.24, 2.45) is 0 Å². The van der Waals surface area contributed by atoms with Crippen LogP contribution in [0.25, 0.3) is 0 Å². The van der Waals surface area contributed by atoms with Crippen LogP contribution in [0.3, 0.4) is 0 Å². The van der Waals surface area contributed by atoms with E-state index in [4.69, 9.17) is 8.33 Å². The molecule has 0 unspecified atom stereocenters. The van der Waals surface area contributed by atoms with Crippen LogP contribution >= 0.6 is 38.9 Å². The highest BCUT2D eigenvalue weighted by molar-refractivity contribution is 14.1. The molecular weight excluding hydrogens is 321 g/mol. The number of rotatable bonds is 1. The van der Waals surface area contributed by atoms with Crippen molar-refractivity contribution in [1.29, 1.82) is 5.26 Å². The van der Waals surface area contributed by atoms with E-state index in [1.807, 2.05) is 6.07 Å². The van der Waals surface area contributed by atoms with Crippen LogP contribution in [0, 0.1) is 11.3 Å². The molecule has 0 saturated carbocycles. The lowest BCUT2D eigenvalue weighted by Gasteiger charge is -1.98. The van der Waals surface area contributed by atoms with E-state index in [0.29, 0.717) is 11.3 Å². The third-order valence-electron chi connectivity index (χ3n) is 1.15. The Morgan fingerprint density at radius 1 is 1.55 bits per heavy atom. The van der Waals surface area contributed by atoms with Crippen molar-refractivity contribution in [3.63, 3.8) is 0 Å². The van der Waals surface area contributed by atoms with Crippen molar-refractivity contribution in [3.05, 3.63) is 28.2 Å². The van der Waals surface area contributed by atoms with E-state index in [-0.39, 0.29) is 0 Å². The Labute approximate surface area is 87.0 Å². The van der Waals surface area contributed by atoms with Gasteiger partial charge in [-0.25, -0.2) is 0 Å². The molecule has 0 bridgehead atoms. The minimum Gasteiger partial charge on any atom is -0.426 e. The molecule has 2 nitrogen and oxygen atoms in total. The molecule has 0 aromatic heterocycles.